The number of ether oxygens (including phenoxy) is 1. The van der Waals surface area contributed by atoms with Gasteiger partial charge < -0.3 is 10.1 Å². The largest absolute Gasteiger partial charge is 0.489 e. The summed E-state index contributed by atoms with van der Waals surface area (Å²) in [6, 6.07) is 8.80. The molecule has 1 amide bonds. The minimum Gasteiger partial charge on any atom is -0.489 e. The number of nitriles is 1. The van der Waals surface area contributed by atoms with Gasteiger partial charge in [0.05, 0.1) is 6.07 Å². The van der Waals surface area contributed by atoms with Crippen LogP contribution in [0.2, 0.25) is 0 Å². The van der Waals surface area contributed by atoms with Crippen molar-refractivity contribution in [3.8, 4) is 11.8 Å². The highest BCUT2D eigenvalue weighted by molar-refractivity contribution is 5.92. The van der Waals surface area contributed by atoms with Crippen molar-refractivity contribution in [1.82, 2.24) is 0 Å². The Morgan fingerprint density at radius 2 is 2.35 bits per heavy atom. The van der Waals surface area contributed by atoms with E-state index in [0.717, 1.165) is 5.57 Å². The molecule has 0 bridgehead atoms. The van der Waals surface area contributed by atoms with Crippen molar-refractivity contribution >= 4 is 11.6 Å². The van der Waals surface area contributed by atoms with E-state index >= 15 is 0 Å². The summed E-state index contributed by atoms with van der Waals surface area (Å²) >= 11 is 0. The molecule has 0 aromatic heterocycles. The molecule has 0 aliphatic rings. The maximum absolute atomic E-state index is 11.2. The highest BCUT2D eigenvalue weighted by atomic mass is 16.5. The second-order valence-corrected chi connectivity index (χ2v) is 3.66. The Kier molecular flexibility index (Phi) is 4.77. The first-order valence-corrected chi connectivity index (χ1v) is 5.16. The Balaban J connectivity index is 2.63. The van der Waals surface area contributed by atoms with Gasteiger partial charge in [-0.3, -0.25) is 4.79 Å². The molecule has 1 aromatic carbocycles. The number of nitrogens with zero attached hydrogens (tertiary/aromatic N) is 1. The molecule has 4 heteroatoms. The summed E-state index contributed by atoms with van der Waals surface area (Å²) < 4.78 is 5.43. The summed E-state index contributed by atoms with van der Waals surface area (Å²) in [5, 5.41) is 11.0. The van der Waals surface area contributed by atoms with Gasteiger partial charge in [-0.25, -0.2) is 0 Å². The summed E-state index contributed by atoms with van der Waals surface area (Å²) in [6.45, 7) is 6.05. The van der Waals surface area contributed by atoms with Gasteiger partial charge in [0, 0.05) is 11.8 Å². The molecule has 1 rings (SSSR count). The van der Waals surface area contributed by atoms with Crippen LogP contribution in [0, 0.1) is 11.3 Å². The summed E-state index contributed by atoms with van der Waals surface area (Å²) in [5.41, 5.74) is 1.54. The van der Waals surface area contributed by atoms with E-state index in [1.165, 1.54) is 0 Å². The van der Waals surface area contributed by atoms with Crippen LogP contribution in [0.1, 0.15) is 13.3 Å². The molecule has 1 N–H and O–H groups in total. The van der Waals surface area contributed by atoms with Gasteiger partial charge in [0.15, 0.2) is 0 Å². The monoisotopic (exact) mass is 230 g/mol. The first-order chi connectivity index (χ1) is 8.11. The summed E-state index contributed by atoms with van der Waals surface area (Å²) in [4.78, 5) is 11.2. The molecule has 0 unspecified atom stereocenters. The van der Waals surface area contributed by atoms with Crippen LogP contribution >= 0.6 is 0 Å². The lowest BCUT2D eigenvalue weighted by molar-refractivity contribution is -0.115. The van der Waals surface area contributed by atoms with E-state index < -0.39 is 0 Å². The fourth-order valence-corrected chi connectivity index (χ4v) is 1.15. The van der Waals surface area contributed by atoms with E-state index in [1.54, 1.807) is 30.3 Å². The van der Waals surface area contributed by atoms with Crippen LogP contribution < -0.4 is 10.1 Å². The normalized spacial score (nSPS) is 9.18. The lowest BCUT2D eigenvalue weighted by atomic mass is 10.3. The van der Waals surface area contributed by atoms with E-state index in [1.807, 2.05) is 6.92 Å². The maximum Gasteiger partial charge on any atom is 0.238 e. The topological polar surface area (TPSA) is 62.1 Å². The molecule has 0 spiro atoms. The zero-order valence-corrected chi connectivity index (χ0v) is 9.69. The van der Waals surface area contributed by atoms with E-state index in [2.05, 4.69) is 11.9 Å². The second-order valence-electron chi connectivity index (χ2n) is 3.66. The van der Waals surface area contributed by atoms with Crippen molar-refractivity contribution in [1.29, 1.82) is 5.26 Å². The number of rotatable bonds is 5. The fraction of sp³-hybridized carbons (Fsp3) is 0.231. The Labute approximate surface area is 101 Å². The van der Waals surface area contributed by atoms with Gasteiger partial charge in [0.2, 0.25) is 5.91 Å². The van der Waals surface area contributed by atoms with Gasteiger partial charge in [-0.05, 0) is 24.6 Å². The lowest BCUT2D eigenvalue weighted by Gasteiger charge is -2.08. The quantitative estimate of drug-likeness (QED) is 0.790. The second kappa shape index (κ2) is 6.33. The van der Waals surface area contributed by atoms with Crippen molar-refractivity contribution in [2.75, 3.05) is 11.9 Å². The third-order valence-electron chi connectivity index (χ3n) is 1.84. The average Bonchev–Trinajstić information content (AvgIpc) is 2.27. The predicted molar refractivity (Wildman–Crippen MR) is 65.6 cm³/mol. The van der Waals surface area contributed by atoms with Crippen LogP contribution in [-0.4, -0.2) is 12.5 Å². The highest BCUT2D eigenvalue weighted by Crippen LogP contribution is 2.17. The standard InChI is InChI=1S/C13H14N2O2/c1-10(2)9-17-12-5-3-4-11(8-12)15-13(16)6-7-14/h3-5,8H,1,6,9H2,2H3,(H,15,16). The van der Waals surface area contributed by atoms with Gasteiger partial charge in [-0.1, -0.05) is 12.6 Å². The summed E-state index contributed by atoms with van der Waals surface area (Å²) in [6.07, 6.45) is -0.156. The number of carbonyl (C=O) groups is 1. The molecule has 0 fully saturated rings. The van der Waals surface area contributed by atoms with Crippen molar-refractivity contribution < 1.29 is 9.53 Å². The van der Waals surface area contributed by atoms with Crippen molar-refractivity contribution in [3.63, 3.8) is 0 Å². The van der Waals surface area contributed by atoms with Crippen LogP contribution in [0.5, 0.6) is 5.75 Å². The Morgan fingerprint density at radius 3 is 3.00 bits per heavy atom. The number of amides is 1. The molecule has 88 valence electrons. The van der Waals surface area contributed by atoms with E-state index in [9.17, 15) is 4.79 Å². The van der Waals surface area contributed by atoms with Crippen molar-refractivity contribution in [2.45, 2.75) is 13.3 Å². The van der Waals surface area contributed by atoms with Crippen LogP contribution in [0.4, 0.5) is 5.69 Å². The van der Waals surface area contributed by atoms with Gasteiger partial charge in [-0.15, -0.1) is 0 Å². The lowest BCUT2D eigenvalue weighted by Crippen LogP contribution is -2.10. The number of hydrogen-bond acceptors (Lipinski definition) is 3. The third-order valence-corrected chi connectivity index (χ3v) is 1.84. The van der Waals surface area contributed by atoms with Crippen molar-refractivity contribution in [2.24, 2.45) is 0 Å². The smallest absolute Gasteiger partial charge is 0.238 e. The number of benzene rings is 1. The molecule has 0 radical (unpaired) electrons. The van der Waals surface area contributed by atoms with Gasteiger partial charge in [0.1, 0.15) is 18.8 Å². The van der Waals surface area contributed by atoms with Crippen molar-refractivity contribution in [3.05, 3.63) is 36.4 Å². The number of hydrogen-bond donors (Lipinski definition) is 1. The molecule has 0 saturated carbocycles. The Morgan fingerprint density at radius 1 is 1.59 bits per heavy atom. The van der Waals surface area contributed by atoms with E-state index in [4.69, 9.17) is 10.00 Å². The summed E-state index contributed by atoms with van der Waals surface area (Å²) in [7, 11) is 0. The fourth-order valence-electron chi connectivity index (χ4n) is 1.15. The Hall–Kier alpha value is -2.28. The van der Waals surface area contributed by atoms with Gasteiger partial charge >= 0.3 is 0 Å². The molecule has 0 aliphatic heterocycles. The number of anilines is 1. The SMILES string of the molecule is C=C(C)COc1cccc(NC(=O)CC#N)c1. The number of nitrogens with one attached hydrogen (secondary N) is 1. The van der Waals surface area contributed by atoms with E-state index in [0.29, 0.717) is 18.0 Å². The Bertz CT molecular complexity index is 461. The minimum absolute atomic E-state index is 0.156. The zero-order valence-electron chi connectivity index (χ0n) is 9.69. The highest BCUT2D eigenvalue weighted by Gasteiger charge is 2.02. The molecule has 0 saturated heterocycles. The molecular formula is C13H14N2O2. The first kappa shape index (κ1) is 12.8. The van der Waals surface area contributed by atoms with Crippen LogP contribution in [0.25, 0.3) is 0 Å². The number of carbonyl (C=O) groups excluding carboxylic acids is 1. The maximum atomic E-state index is 11.2. The molecule has 4 nitrogen and oxygen atoms in total. The molecule has 0 atom stereocenters. The molecule has 17 heavy (non-hydrogen) atoms. The molecule has 0 heterocycles. The van der Waals surface area contributed by atoms with Gasteiger partial charge in [-0.2, -0.15) is 5.26 Å². The van der Waals surface area contributed by atoms with Crippen LogP contribution in [0.15, 0.2) is 36.4 Å². The molecule has 0 aliphatic carbocycles. The average molecular weight is 230 g/mol. The molecule has 1 aromatic rings. The molecular weight excluding hydrogens is 216 g/mol. The van der Waals surface area contributed by atoms with Crippen LogP contribution in [-0.2, 0) is 4.79 Å². The summed E-state index contributed by atoms with van der Waals surface area (Å²) in [5.74, 6) is 0.326. The third kappa shape index (κ3) is 4.85. The zero-order chi connectivity index (χ0) is 12.7. The first-order valence-electron chi connectivity index (χ1n) is 5.16. The van der Waals surface area contributed by atoms with E-state index in [-0.39, 0.29) is 12.3 Å². The predicted octanol–water partition coefficient (Wildman–Crippen LogP) is 2.49. The van der Waals surface area contributed by atoms with Gasteiger partial charge in [0.25, 0.3) is 0 Å². The van der Waals surface area contributed by atoms with Crippen LogP contribution in [0.3, 0.4) is 0 Å². The minimum atomic E-state index is -0.329.